The van der Waals surface area contributed by atoms with Crippen molar-refractivity contribution >= 4 is 53.8 Å². The first-order valence-electron chi connectivity index (χ1n) is 13.9. The molecule has 1 saturated heterocycles. The van der Waals surface area contributed by atoms with E-state index in [0.717, 1.165) is 58.3 Å². The van der Waals surface area contributed by atoms with Crippen LogP contribution >= 0.6 is 22.7 Å². The number of fused-ring (bicyclic) bond motifs is 2. The van der Waals surface area contributed by atoms with Crippen molar-refractivity contribution in [3.8, 4) is 10.6 Å². The van der Waals surface area contributed by atoms with Gasteiger partial charge in [-0.1, -0.05) is 32.9 Å². The van der Waals surface area contributed by atoms with Crippen LogP contribution in [0.15, 0.2) is 53.4 Å². The van der Waals surface area contributed by atoms with Gasteiger partial charge in [0.2, 0.25) is 10.0 Å². The Morgan fingerprint density at radius 2 is 1.77 bits per heavy atom. The van der Waals surface area contributed by atoms with Gasteiger partial charge in [-0.05, 0) is 73.2 Å². The highest BCUT2D eigenvalue weighted by atomic mass is 32.2. The molecule has 7 nitrogen and oxygen atoms in total. The fraction of sp³-hybridized carbons (Fsp3) is 0.400. The van der Waals surface area contributed by atoms with Gasteiger partial charge in [0.1, 0.15) is 10.0 Å². The number of piperidine rings is 1. The molecule has 0 spiro atoms. The molecule has 2 atom stereocenters. The fourth-order valence-electron chi connectivity index (χ4n) is 5.92. The molecule has 0 unspecified atom stereocenters. The van der Waals surface area contributed by atoms with Gasteiger partial charge in [0.05, 0.1) is 15.1 Å². The SMILES string of the molecule is CCN1CCc2c(sc(NC(=O)c3ccc(S(=O)(=O)N4C[C@H](C)C[C@H](C)C4)cc3)c2-c2nc3ccccc3s2)C1. The number of nitrogens with one attached hydrogen (secondary N) is 1. The number of rotatable bonds is 6. The number of hydrogen-bond donors (Lipinski definition) is 1. The lowest BCUT2D eigenvalue weighted by Crippen LogP contribution is -2.42. The van der Waals surface area contributed by atoms with Gasteiger partial charge < -0.3 is 5.32 Å². The number of hydrogen-bond acceptors (Lipinski definition) is 7. The normalized spacial score (nSPS) is 20.5. The highest BCUT2D eigenvalue weighted by molar-refractivity contribution is 7.89. The Hall–Kier alpha value is -2.63. The molecular weight excluding hydrogens is 561 g/mol. The van der Waals surface area contributed by atoms with Crippen molar-refractivity contribution in [1.29, 1.82) is 0 Å². The van der Waals surface area contributed by atoms with Crippen molar-refractivity contribution in [2.45, 2.75) is 45.1 Å². The zero-order valence-corrected chi connectivity index (χ0v) is 25.5. The molecule has 0 bridgehead atoms. The molecule has 2 aromatic heterocycles. The molecule has 1 amide bonds. The summed E-state index contributed by atoms with van der Waals surface area (Å²) in [5, 5.41) is 4.89. The molecule has 6 rings (SSSR count). The lowest BCUT2D eigenvalue weighted by Gasteiger charge is -2.34. The molecule has 2 aromatic carbocycles. The summed E-state index contributed by atoms with van der Waals surface area (Å²) in [4.78, 5) is 22.3. The first-order chi connectivity index (χ1) is 19.2. The average molecular weight is 595 g/mol. The van der Waals surface area contributed by atoms with Crippen LogP contribution in [0.25, 0.3) is 20.8 Å². The number of carbonyl (C=O) groups is 1. The molecule has 0 aliphatic carbocycles. The molecule has 1 fully saturated rings. The van der Waals surface area contributed by atoms with Gasteiger partial charge in [-0.3, -0.25) is 9.69 Å². The highest BCUT2D eigenvalue weighted by Crippen LogP contribution is 2.45. The maximum atomic E-state index is 13.5. The van der Waals surface area contributed by atoms with Gasteiger partial charge in [0.15, 0.2) is 0 Å². The van der Waals surface area contributed by atoms with Crippen LogP contribution in [0.2, 0.25) is 0 Å². The number of thiazole rings is 1. The molecule has 1 N–H and O–H groups in total. The number of anilines is 1. The summed E-state index contributed by atoms with van der Waals surface area (Å²) in [7, 11) is -3.60. The van der Waals surface area contributed by atoms with E-state index in [4.69, 9.17) is 4.98 Å². The van der Waals surface area contributed by atoms with Gasteiger partial charge in [-0.25, -0.2) is 13.4 Å². The molecule has 4 heterocycles. The summed E-state index contributed by atoms with van der Waals surface area (Å²) in [5.41, 5.74) is 3.68. The van der Waals surface area contributed by atoms with Gasteiger partial charge in [0, 0.05) is 42.2 Å². The predicted octanol–water partition coefficient (Wildman–Crippen LogP) is 6.32. The lowest BCUT2D eigenvalue weighted by atomic mass is 9.94. The number of amides is 1. The van der Waals surface area contributed by atoms with Crippen molar-refractivity contribution in [2.75, 3.05) is 31.5 Å². The third-order valence-electron chi connectivity index (χ3n) is 7.91. The predicted molar refractivity (Wildman–Crippen MR) is 164 cm³/mol. The van der Waals surface area contributed by atoms with E-state index in [0.29, 0.717) is 30.5 Å². The summed E-state index contributed by atoms with van der Waals surface area (Å²) in [5.74, 6) is 0.404. The Morgan fingerprint density at radius 1 is 1.05 bits per heavy atom. The van der Waals surface area contributed by atoms with Gasteiger partial charge >= 0.3 is 0 Å². The van der Waals surface area contributed by atoms with Gasteiger partial charge in [-0.15, -0.1) is 22.7 Å². The third kappa shape index (κ3) is 5.23. The van der Waals surface area contributed by atoms with Gasteiger partial charge in [-0.2, -0.15) is 4.31 Å². The molecule has 40 heavy (non-hydrogen) atoms. The fourth-order valence-corrected chi connectivity index (χ4v) is 10.00. The minimum Gasteiger partial charge on any atom is -0.313 e. The van der Waals surface area contributed by atoms with Crippen LogP contribution in [0.3, 0.4) is 0 Å². The Balaban J connectivity index is 1.29. The second-order valence-electron chi connectivity index (χ2n) is 11.1. The topological polar surface area (TPSA) is 82.6 Å². The summed E-state index contributed by atoms with van der Waals surface area (Å²) < 4.78 is 29.3. The van der Waals surface area contributed by atoms with Crippen molar-refractivity contribution in [2.24, 2.45) is 11.8 Å². The Kier molecular flexibility index (Phi) is 7.56. The van der Waals surface area contributed by atoms with E-state index in [1.807, 2.05) is 18.2 Å². The Morgan fingerprint density at radius 3 is 2.48 bits per heavy atom. The lowest BCUT2D eigenvalue weighted by molar-refractivity contribution is 0.102. The van der Waals surface area contributed by atoms with Crippen LogP contribution in [-0.2, 0) is 23.0 Å². The van der Waals surface area contributed by atoms with Crippen molar-refractivity contribution in [1.82, 2.24) is 14.2 Å². The minimum absolute atomic E-state index is 0.228. The maximum absolute atomic E-state index is 13.5. The summed E-state index contributed by atoms with van der Waals surface area (Å²) in [6, 6.07) is 14.5. The maximum Gasteiger partial charge on any atom is 0.256 e. The van der Waals surface area contributed by atoms with Crippen LogP contribution < -0.4 is 5.32 Å². The van der Waals surface area contributed by atoms with Crippen LogP contribution in [0.5, 0.6) is 0 Å². The third-order valence-corrected chi connectivity index (χ3v) is 11.9. The number of carbonyl (C=O) groups excluding carboxylic acids is 1. The van der Waals surface area contributed by atoms with Crippen LogP contribution in [-0.4, -0.2) is 54.7 Å². The first kappa shape index (κ1) is 27.5. The molecule has 4 aromatic rings. The number of likely N-dealkylation sites (N-methyl/N-ethyl adjacent to an activating group) is 1. The van der Waals surface area contributed by atoms with Crippen LogP contribution in [0.4, 0.5) is 5.00 Å². The minimum atomic E-state index is -3.60. The van der Waals surface area contributed by atoms with E-state index in [1.54, 1.807) is 51.2 Å². The van der Waals surface area contributed by atoms with Crippen molar-refractivity contribution < 1.29 is 13.2 Å². The molecule has 0 saturated carbocycles. The van der Waals surface area contributed by atoms with E-state index >= 15 is 0 Å². The largest absolute Gasteiger partial charge is 0.313 e. The van der Waals surface area contributed by atoms with E-state index in [-0.39, 0.29) is 10.8 Å². The Labute approximate surface area is 243 Å². The Bertz CT molecular complexity index is 1620. The number of thiophene rings is 1. The first-order valence-corrected chi connectivity index (χ1v) is 16.9. The summed E-state index contributed by atoms with van der Waals surface area (Å²) >= 11 is 3.27. The monoisotopic (exact) mass is 594 g/mol. The molecule has 0 radical (unpaired) electrons. The van der Waals surface area contributed by atoms with Crippen molar-refractivity contribution in [3.63, 3.8) is 0 Å². The second kappa shape index (κ2) is 11.0. The molecule has 10 heteroatoms. The van der Waals surface area contributed by atoms with E-state index in [2.05, 4.69) is 37.1 Å². The number of para-hydroxylation sites is 1. The molecule has 210 valence electrons. The van der Waals surface area contributed by atoms with E-state index in [1.165, 1.54) is 10.4 Å². The number of aromatic nitrogens is 1. The quantitative estimate of drug-likeness (QED) is 0.282. The molecule has 2 aliphatic rings. The second-order valence-corrected chi connectivity index (χ2v) is 15.1. The molecule has 2 aliphatic heterocycles. The number of benzene rings is 2. The van der Waals surface area contributed by atoms with Crippen molar-refractivity contribution in [3.05, 3.63) is 64.5 Å². The zero-order valence-electron chi connectivity index (χ0n) is 23.0. The molecular formula is C30H34N4O3S3. The van der Waals surface area contributed by atoms with E-state index in [9.17, 15) is 13.2 Å². The zero-order chi connectivity index (χ0) is 28.0. The highest BCUT2D eigenvalue weighted by Gasteiger charge is 2.32. The van der Waals surface area contributed by atoms with Crippen LogP contribution in [0.1, 0.15) is 48.0 Å². The summed E-state index contributed by atoms with van der Waals surface area (Å²) in [6.45, 7) is 10.3. The van der Waals surface area contributed by atoms with Gasteiger partial charge in [0.25, 0.3) is 5.91 Å². The van der Waals surface area contributed by atoms with E-state index < -0.39 is 10.0 Å². The smallest absolute Gasteiger partial charge is 0.256 e. The summed E-state index contributed by atoms with van der Waals surface area (Å²) in [6.07, 6.45) is 1.95. The van der Waals surface area contributed by atoms with Crippen LogP contribution in [0, 0.1) is 11.8 Å². The average Bonchev–Trinajstić information content (AvgIpc) is 3.52. The standard InChI is InChI=1S/C30H34N4O3S3/c1-4-33-14-13-23-26(18-33)39-30(27(23)29-31-24-7-5-6-8-25(24)38-29)32-28(35)21-9-11-22(12-10-21)40(36,37)34-16-19(2)15-20(3)17-34/h5-12,19-20H,4,13-18H2,1-3H3,(H,32,35)/t19-,20+. The number of sulfonamides is 1. The number of nitrogens with zero attached hydrogens (tertiary/aromatic N) is 3.